The molecule has 0 radical (unpaired) electrons. The Labute approximate surface area is 118 Å². The molecule has 1 nitrogen and oxygen atoms in total. The number of hydrogen-bond donors (Lipinski definition) is 1. The van der Waals surface area contributed by atoms with Crippen molar-refractivity contribution >= 4 is 22.9 Å². The average Bonchev–Trinajstić information content (AvgIpc) is 2.78. The quantitative estimate of drug-likeness (QED) is 0.841. The molecule has 1 heterocycles. The molecule has 0 amide bonds. The lowest BCUT2D eigenvalue weighted by atomic mass is 10.1. The monoisotopic (exact) mass is 279 g/mol. The van der Waals surface area contributed by atoms with Crippen molar-refractivity contribution in [3.05, 3.63) is 45.8 Å². The summed E-state index contributed by atoms with van der Waals surface area (Å²) in [6.45, 7) is 7.33. The first kappa shape index (κ1) is 13.6. The van der Waals surface area contributed by atoms with Crippen LogP contribution in [0.1, 0.15) is 24.3 Å². The van der Waals surface area contributed by atoms with Crippen LogP contribution in [-0.4, -0.2) is 6.04 Å². The summed E-state index contributed by atoms with van der Waals surface area (Å²) in [5.41, 5.74) is 2.38. The van der Waals surface area contributed by atoms with Crippen LogP contribution in [0.4, 0.5) is 0 Å². The van der Waals surface area contributed by atoms with E-state index in [2.05, 4.69) is 44.3 Å². The van der Waals surface area contributed by atoms with Crippen molar-refractivity contribution in [1.29, 1.82) is 0 Å². The van der Waals surface area contributed by atoms with E-state index in [1.54, 1.807) is 11.3 Å². The molecule has 0 aliphatic rings. The second-order valence-corrected chi connectivity index (χ2v) is 6.36. The topological polar surface area (TPSA) is 12.0 Å². The van der Waals surface area contributed by atoms with Crippen molar-refractivity contribution in [3.63, 3.8) is 0 Å². The molecule has 1 aromatic heterocycles. The average molecular weight is 280 g/mol. The van der Waals surface area contributed by atoms with E-state index < -0.39 is 0 Å². The standard InChI is InChI=1S/C15H18ClNS/c1-10(2)17-9-12-5-7-15(18-12)13-8-11(3)4-6-14(13)16/h4-8,10,17H,9H2,1-3H3. The van der Waals surface area contributed by atoms with Gasteiger partial charge in [-0.2, -0.15) is 0 Å². The number of halogens is 1. The molecule has 0 saturated carbocycles. The molecule has 1 N–H and O–H groups in total. The number of rotatable bonds is 4. The minimum absolute atomic E-state index is 0.512. The summed E-state index contributed by atoms with van der Waals surface area (Å²) in [7, 11) is 0. The molecule has 2 aromatic rings. The smallest absolute Gasteiger partial charge is 0.0492 e. The van der Waals surface area contributed by atoms with Gasteiger partial charge in [-0.15, -0.1) is 11.3 Å². The highest BCUT2D eigenvalue weighted by Gasteiger charge is 2.07. The van der Waals surface area contributed by atoms with Gasteiger partial charge in [0.2, 0.25) is 0 Å². The second kappa shape index (κ2) is 5.87. The van der Waals surface area contributed by atoms with Gasteiger partial charge in [0, 0.05) is 32.9 Å². The molecule has 0 aliphatic carbocycles. The van der Waals surface area contributed by atoms with E-state index in [4.69, 9.17) is 11.6 Å². The van der Waals surface area contributed by atoms with Crippen molar-refractivity contribution in [2.24, 2.45) is 0 Å². The van der Waals surface area contributed by atoms with Gasteiger partial charge >= 0.3 is 0 Å². The predicted molar refractivity (Wildman–Crippen MR) is 81.5 cm³/mol. The summed E-state index contributed by atoms with van der Waals surface area (Å²) in [5.74, 6) is 0. The summed E-state index contributed by atoms with van der Waals surface area (Å²) in [5, 5.41) is 4.25. The predicted octanol–water partition coefficient (Wildman–Crippen LogP) is 4.87. The molecule has 0 saturated heterocycles. The number of aryl methyl sites for hydroxylation is 1. The van der Waals surface area contributed by atoms with Gasteiger partial charge in [0.05, 0.1) is 0 Å². The van der Waals surface area contributed by atoms with E-state index in [0.29, 0.717) is 6.04 Å². The maximum Gasteiger partial charge on any atom is 0.0492 e. The van der Waals surface area contributed by atoms with E-state index in [0.717, 1.165) is 17.1 Å². The van der Waals surface area contributed by atoms with Gasteiger partial charge in [-0.05, 0) is 31.2 Å². The lowest BCUT2D eigenvalue weighted by molar-refractivity contribution is 0.593. The molecule has 1 aromatic carbocycles. The molecule has 3 heteroatoms. The van der Waals surface area contributed by atoms with Crippen molar-refractivity contribution in [2.75, 3.05) is 0 Å². The van der Waals surface area contributed by atoms with Crippen LogP contribution in [0.2, 0.25) is 5.02 Å². The Morgan fingerprint density at radius 1 is 1.22 bits per heavy atom. The first-order valence-electron chi connectivity index (χ1n) is 6.15. The molecule has 2 rings (SSSR count). The van der Waals surface area contributed by atoms with Gasteiger partial charge in [0.1, 0.15) is 0 Å². The molecule has 0 fully saturated rings. The first-order chi connectivity index (χ1) is 8.56. The van der Waals surface area contributed by atoms with Crippen molar-refractivity contribution < 1.29 is 0 Å². The maximum absolute atomic E-state index is 6.26. The van der Waals surface area contributed by atoms with Crippen LogP contribution in [0.3, 0.4) is 0 Å². The van der Waals surface area contributed by atoms with Gasteiger partial charge in [-0.3, -0.25) is 0 Å². The molecule has 96 valence electrons. The molecule has 0 atom stereocenters. The van der Waals surface area contributed by atoms with Crippen LogP contribution < -0.4 is 5.32 Å². The Balaban J connectivity index is 2.21. The number of hydrogen-bond acceptors (Lipinski definition) is 2. The van der Waals surface area contributed by atoms with E-state index in [-0.39, 0.29) is 0 Å². The summed E-state index contributed by atoms with van der Waals surface area (Å²) >= 11 is 8.06. The molecule has 0 spiro atoms. The minimum Gasteiger partial charge on any atom is -0.310 e. The molecule has 0 bridgehead atoms. The fourth-order valence-corrected chi connectivity index (χ4v) is 3.01. The number of nitrogens with one attached hydrogen (secondary N) is 1. The zero-order chi connectivity index (χ0) is 13.1. The third-order valence-corrected chi connectivity index (χ3v) is 4.18. The van der Waals surface area contributed by atoms with Gasteiger partial charge in [0.25, 0.3) is 0 Å². The number of thiophene rings is 1. The highest BCUT2D eigenvalue weighted by atomic mass is 35.5. The van der Waals surface area contributed by atoms with E-state index in [1.165, 1.54) is 15.3 Å². The van der Waals surface area contributed by atoms with Crippen molar-refractivity contribution in [2.45, 2.75) is 33.4 Å². The molecule has 18 heavy (non-hydrogen) atoms. The lowest BCUT2D eigenvalue weighted by Gasteiger charge is -2.05. The zero-order valence-electron chi connectivity index (χ0n) is 11.0. The van der Waals surface area contributed by atoms with E-state index in [9.17, 15) is 0 Å². The first-order valence-corrected chi connectivity index (χ1v) is 7.34. The lowest BCUT2D eigenvalue weighted by Crippen LogP contribution is -2.21. The summed E-state index contributed by atoms with van der Waals surface area (Å²) < 4.78 is 0. The molecule has 0 unspecified atom stereocenters. The van der Waals surface area contributed by atoms with Gasteiger partial charge in [0.15, 0.2) is 0 Å². The van der Waals surface area contributed by atoms with Gasteiger partial charge in [-0.1, -0.05) is 37.1 Å². The van der Waals surface area contributed by atoms with E-state index >= 15 is 0 Å². The van der Waals surface area contributed by atoms with Crippen LogP contribution in [-0.2, 0) is 6.54 Å². The fourth-order valence-electron chi connectivity index (χ4n) is 1.75. The Morgan fingerprint density at radius 2 is 2.00 bits per heavy atom. The van der Waals surface area contributed by atoms with Crippen molar-refractivity contribution in [3.8, 4) is 10.4 Å². The third kappa shape index (κ3) is 3.35. The van der Waals surface area contributed by atoms with Gasteiger partial charge < -0.3 is 5.32 Å². The summed E-state index contributed by atoms with van der Waals surface area (Å²) in [6, 6.07) is 11.0. The largest absolute Gasteiger partial charge is 0.310 e. The Morgan fingerprint density at radius 3 is 2.72 bits per heavy atom. The zero-order valence-corrected chi connectivity index (χ0v) is 12.5. The van der Waals surface area contributed by atoms with Crippen LogP contribution >= 0.6 is 22.9 Å². The van der Waals surface area contributed by atoms with Crippen LogP contribution in [0.25, 0.3) is 10.4 Å². The SMILES string of the molecule is Cc1ccc(Cl)c(-c2ccc(CNC(C)C)s2)c1. The highest BCUT2D eigenvalue weighted by Crippen LogP contribution is 2.34. The summed E-state index contributed by atoms with van der Waals surface area (Å²) in [4.78, 5) is 2.58. The van der Waals surface area contributed by atoms with Crippen LogP contribution in [0, 0.1) is 6.92 Å². The minimum atomic E-state index is 0.512. The van der Waals surface area contributed by atoms with Crippen LogP contribution in [0.15, 0.2) is 30.3 Å². The van der Waals surface area contributed by atoms with Crippen LogP contribution in [0.5, 0.6) is 0 Å². The fraction of sp³-hybridized carbons (Fsp3) is 0.333. The van der Waals surface area contributed by atoms with E-state index in [1.807, 2.05) is 12.1 Å². The molecular weight excluding hydrogens is 262 g/mol. The Bertz CT molecular complexity index is 531. The molecular formula is C15H18ClNS. The van der Waals surface area contributed by atoms with Gasteiger partial charge in [-0.25, -0.2) is 0 Å². The Kier molecular flexibility index (Phi) is 4.44. The highest BCUT2D eigenvalue weighted by molar-refractivity contribution is 7.15. The normalized spacial score (nSPS) is 11.2. The Hall–Kier alpha value is -0.830. The third-order valence-electron chi connectivity index (χ3n) is 2.73. The maximum atomic E-state index is 6.26. The molecule has 0 aliphatic heterocycles. The number of benzene rings is 1. The summed E-state index contributed by atoms with van der Waals surface area (Å²) in [6.07, 6.45) is 0. The second-order valence-electron chi connectivity index (χ2n) is 4.78. The van der Waals surface area contributed by atoms with Crippen molar-refractivity contribution in [1.82, 2.24) is 5.32 Å².